The summed E-state index contributed by atoms with van der Waals surface area (Å²) in [6.07, 6.45) is 0.384. The molecule has 2 rings (SSSR count). The number of nitrogens with one attached hydrogen (secondary N) is 1. The van der Waals surface area contributed by atoms with Gasteiger partial charge in [-0.1, -0.05) is 40.2 Å². The molecule has 4 heteroatoms. The van der Waals surface area contributed by atoms with E-state index in [0.29, 0.717) is 6.42 Å². The average Bonchev–Trinajstić information content (AvgIpc) is 2.36. The number of amides is 1. The Morgan fingerprint density at radius 2 is 1.89 bits per heavy atom. The van der Waals surface area contributed by atoms with E-state index >= 15 is 0 Å². The number of carbonyl (C=O) groups excluding carboxylic acids is 1. The lowest BCUT2D eigenvalue weighted by molar-refractivity contribution is -0.115. The van der Waals surface area contributed by atoms with Gasteiger partial charge in [0.1, 0.15) is 0 Å². The van der Waals surface area contributed by atoms with Crippen LogP contribution in [-0.4, -0.2) is 5.91 Å². The molecule has 0 spiro atoms. The highest BCUT2D eigenvalue weighted by molar-refractivity contribution is 9.11. The summed E-state index contributed by atoms with van der Waals surface area (Å²) < 4.78 is 1.83. The van der Waals surface area contributed by atoms with Crippen LogP contribution in [0.1, 0.15) is 11.1 Å². The molecule has 2 aromatic rings. The van der Waals surface area contributed by atoms with Crippen LogP contribution < -0.4 is 5.32 Å². The monoisotopic (exact) mass is 381 g/mol. The molecule has 1 amide bonds. The van der Waals surface area contributed by atoms with Gasteiger partial charge < -0.3 is 5.32 Å². The first kappa shape index (κ1) is 14.3. The predicted molar refractivity (Wildman–Crippen MR) is 85.4 cm³/mol. The van der Waals surface area contributed by atoms with Crippen molar-refractivity contribution in [2.24, 2.45) is 0 Å². The third kappa shape index (κ3) is 3.91. The van der Waals surface area contributed by atoms with Gasteiger partial charge in [0, 0.05) is 8.95 Å². The van der Waals surface area contributed by atoms with E-state index in [4.69, 9.17) is 0 Å². The summed E-state index contributed by atoms with van der Waals surface area (Å²) in [7, 11) is 0. The molecule has 0 aliphatic heterocycles. The zero-order chi connectivity index (χ0) is 13.8. The van der Waals surface area contributed by atoms with Crippen molar-refractivity contribution in [2.75, 3.05) is 5.32 Å². The molecule has 0 saturated carbocycles. The van der Waals surface area contributed by atoms with Crippen LogP contribution >= 0.6 is 31.9 Å². The average molecular weight is 383 g/mol. The summed E-state index contributed by atoms with van der Waals surface area (Å²) in [5.41, 5.74) is 2.96. The van der Waals surface area contributed by atoms with Crippen molar-refractivity contribution in [1.29, 1.82) is 0 Å². The Labute approximate surface area is 129 Å². The van der Waals surface area contributed by atoms with E-state index in [9.17, 15) is 4.79 Å². The van der Waals surface area contributed by atoms with E-state index in [2.05, 4.69) is 37.2 Å². The number of anilines is 1. The number of carbonyl (C=O) groups is 1. The minimum absolute atomic E-state index is 0.0164. The smallest absolute Gasteiger partial charge is 0.228 e. The molecule has 0 aliphatic carbocycles. The SMILES string of the molecule is Cc1ccccc1CC(=O)Nc1ccc(Br)cc1Br. The number of hydrogen-bond donors (Lipinski definition) is 1. The van der Waals surface area contributed by atoms with Crippen molar-refractivity contribution < 1.29 is 4.79 Å². The molecule has 0 heterocycles. The van der Waals surface area contributed by atoms with Crippen LogP contribution in [0.4, 0.5) is 5.69 Å². The van der Waals surface area contributed by atoms with E-state index in [0.717, 1.165) is 25.8 Å². The van der Waals surface area contributed by atoms with Crippen molar-refractivity contribution >= 4 is 43.5 Å². The maximum Gasteiger partial charge on any atom is 0.228 e. The fraction of sp³-hybridized carbons (Fsp3) is 0.133. The van der Waals surface area contributed by atoms with E-state index in [-0.39, 0.29) is 5.91 Å². The van der Waals surface area contributed by atoms with Gasteiger partial charge >= 0.3 is 0 Å². The Balaban J connectivity index is 2.08. The first-order valence-electron chi connectivity index (χ1n) is 5.85. The highest BCUT2D eigenvalue weighted by Crippen LogP contribution is 2.26. The Hall–Kier alpha value is -1.13. The van der Waals surface area contributed by atoms with Gasteiger partial charge in [-0.15, -0.1) is 0 Å². The van der Waals surface area contributed by atoms with Gasteiger partial charge in [-0.25, -0.2) is 0 Å². The zero-order valence-corrected chi connectivity index (χ0v) is 13.6. The highest BCUT2D eigenvalue weighted by atomic mass is 79.9. The Morgan fingerprint density at radius 3 is 2.58 bits per heavy atom. The second kappa shape index (κ2) is 6.35. The van der Waals surface area contributed by atoms with Gasteiger partial charge in [0.2, 0.25) is 5.91 Å². The summed E-state index contributed by atoms with van der Waals surface area (Å²) in [5.74, 6) is -0.0164. The van der Waals surface area contributed by atoms with E-state index in [1.165, 1.54) is 0 Å². The number of halogens is 2. The fourth-order valence-electron chi connectivity index (χ4n) is 1.77. The van der Waals surface area contributed by atoms with E-state index in [1.54, 1.807) is 0 Å². The largest absolute Gasteiger partial charge is 0.325 e. The topological polar surface area (TPSA) is 29.1 Å². The molecule has 0 aliphatic rings. The highest BCUT2D eigenvalue weighted by Gasteiger charge is 2.08. The Bertz CT molecular complexity index is 611. The molecule has 0 bridgehead atoms. The van der Waals surface area contributed by atoms with Crippen molar-refractivity contribution in [1.82, 2.24) is 0 Å². The molecule has 2 nitrogen and oxygen atoms in total. The quantitative estimate of drug-likeness (QED) is 0.818. The van der Waals surface area contributed by atoms with Crippen molar-refractivity contribution in [3.63, 3.8) is 0 Å². The molecule has 0 unspecified atom stereocenters. The number of benzene rings is 2. The minimum Gasteiger partial charge on any atom is -0.325 e. The second-order valence-electron chi connectivity index (χ2n) is 4.28. The minimum atomic E-state index is -0.0164. The van der Waals surface area contributed by atoms with E-state index in [1.807, 2.05) is 49.4 Å². The maximum atomic E-state index is 12.0. The number of aryl methyl sites for hydroxylation is 1. The third-order valence-electron chi connectivity index (χ3n) is 2.82. The van der Waals surface area contributed by atoms with E-state index < -0.39 is 0 Å². The Kier molecular flexibility index (Phi) is 4.77. The zero-order valence-electron chi connectivity index (χ0n) is 10.4. The van der Waals surface area contributed by atoms with Crippen molar-refractivity contribution in [3.05, 3.63) is 62.5 Å². The van der Waals surface area contributed by atoms with Crippen LogP contribution in [0.3, 0.4) is 0 Å². The van der Waals surface area contributed by atoms with Crippen LogP contribution in [0, 0.1) is 6.92 Å². The van der Waals surface area contributed by atoms with Crippen LogP contribution in [-0.2, 0) is 11.2 Å². The molecule has 98 valence electrons. The fourth-order valence-corrected chi connectivity index (χ4v) is 2.91. The van der Waals surface area contributed by atoms with Crippen LogP contribution in [0.15, 0.2) is 51.4 Å². The Morgan fingerprint density at radius 1 is 1.16 bits per heavy atom. The summed E-state index contributed by atoms with van der Waals surface area (Å²) >= 11 is 6.81. The van der Waals surface area contributed by atoms with Crippen LogP contribution in [0.5, 0.6) is 0 Å². The lowest BCUT2D eigenvalue weighted by atomic mass is 10.1. The molecule has 0 saturated heterocycles. The van der Waals surface area contributed by atoms with Gasteiger partial charge in [-0.3, -0.25) is 4.79 Å². The molecule has 0 fully saturated rings. The molecule has 19 heavy (non-hydrogen) atoms. The first-order valence-corrected chi connectivity index (χ1v) is 7.44. The molecule has 1 N–H and O–H groups in total. The molecule has 2 aromatic carbocycles. The standard InChI is InChI=1S/C15H13Br2NO/c1-10-4-2-3-5-11(10)8-15(19)18-14-7-6-12(16)9-13(14)17/h2-7,9H,8H2,1H3,(H,18,19). The molecule has 0 atom stereocenters. The summed E-state index contributed by atoms with van der Waals surface area (Å²) in [5, 5.41) is 2.91. The van der Waals surface area contributed by atoms with Gasteiger partial charge in [-0.2, -0.15) is 0 Å². The first-order chi connectivity index (χ1) is 9.06. The summed E-state index contributed by atoms with van der Waals surface area (Å²) in [6.45, 7) is 2.01. The number of hydrogen-bond acceptors (Lipinski definition) is 1. The molecule has 0 aromatic heterocycles. The normalized spacial score (nSPS) is 10.3. The van der Waals surface area contributed by atoms with Gasteiger partial charge in [0.25, 0.3) is 0 Å². The molecular formula is C15H13Br2NO. The van der Waals surface area contributed by atoms with Crippen LogP contribution in [0.25, 0.3) is 0 Å². The molecule has 0 radical (unpaired) electrons. The third-order valence-corrected chi connectivity index (χ3v) is 3.97. The second-order valence-corrected chi connectivity index (χ2v) is 6.05. The lowest BCUT2D eigenvalue weighted by Crippen LogP contribution is -2.15. The predicted octanol–water partition coefficient (Wildman–Crippen LogP) is 4.70. The lowest BCUT2D eigenvalue weighted by Gasteiger charge is -2.09. The van der Waals surface area contributed by atoms with Crippen molar-refractivity contribution in [3.8, 4) is 0 Å². The summed E-state index contributed by atoms with van der Waals surface area (Å²) in [6, 6.07) is 13.6. The number of rotatable bonds is 3. The van der Waals surface area contributed by atoms with Gasteiger partial charge in [-0.05, 0) is 52.2 Å². The maximum absolute atomic E-state index is 12.0. The van der Waals surface area contributed by atoms with Gasteiger partial charge in [0.15, 0.2) is 0 Å². The molecular weight excluding hydrogens is 370 g/mol. The van der Waals surface area contributed by atoms with Gasteiger partial charge in [0.05, 0.1) is 12.1 Å². The van der Waals surface area contributed by atoms with Crippen molar-refractivity contribution in [2.45, 2.75) is 13.3 Å². The summed E-state index contributed by atoms with van der Waals surface area (Å²) in [4.78, 5) is 12.0. The van der Waals surface area contributed by atoms with Crippen LogP contribution in [0.2, 0.25) is 0 Å².